The molecule has 2 N–H and O–H groups in total. The first kappa shape index (κ1) is 19.6. The van der Waals surface area contributed by atoms with Crippen LogP contribution in [-0.4, -0.2) is 49.6 Å². The second-order valence-electron chi connectivity index (χ2n) is 6.48. The van der Waals surface area contributed by atoms with Gasteiger partial charge in [-0.3, -0.25) is 4.79 Å². The van der Waals surface area contributed by atoms with Crippen molar-refractivity contribution >= 4 is 17.6 Å². The highest BCUT2D eigenvalue weighted by Crippen LogP contribution is 2.16. The van der Waals surface area contributed by atoms with E-state index in [0.717, 1.165) is 5.69 Å². The van der Waals surface area contributed by atoms with Crippen molar-refractivity contribution in [3.8, 4) is 0 Å². The summed E-state index contributed by atoms with van der Waals surface area (Å²) in [5, 5.41) is 5.16. The first-order valence-electron chi connectivity index (χ1n) is 9.06. The Labute approximate surface area is 162 Å². The molecule has 0 unspecified atom stereocenters. The van der Waals surface area contributed by atoms with Gasteiger partial charge in [0, 0.05) is 44.0 Å². The number of hydrogen-bond acceptors (Lipinski definition) is 3. The molecule has 1 aliphatic heterocycles. The lowest BCUT2D eigenvalue weighted by molar-refractivity contribution is -0.120. The Morgan fingerprint density at radius 2 is 1.57 bits per heavy atom. The summed E-state index contributed by atoms with van der Waals surface area (Å²) in [6.45, 7) is 2.14. The number of nitrogens with one attached hydrogen (secondary N) is 2. The van der Waals surface area contributed by atoms with Crippen LogP contribution in [0.2, 0.25) is 0 Å². The molecular weight excluding hydrogens is 366 g/mol. The van der Waals surface area contributed by atoms with Crippen molar-refractivity contribution in [3.05, 3.63) is 65.7 Å². The van der Waals surface area contributed by atoms with Crippen molar-refractivity contribution in [1.29, 1.82) is 0 Å². The number of piperazine rings is 1. The van der Waals surface area contributed by atoms with Gasteiger partial charge in [0.2, 0.25) is 5.91 Å². The Morgan fingerprint density at radius 1 is 0.893 bits per heavy atom. The lowest BCUT2D eigenvalue weighted by atomic mass is 10.2. The lowest BCUT2D eigenvalue weighted by Crippen LogP contribution is -2.53. The fraction of sp³-hybridized carbons (Fsp3) is 0.300. The van der Waals surface area contributed by atoms with E-state index in [9.17, 15) is 18.4 Å². The molecule has 1 aliphatic rings. The molecule has 3 rings (SSSR count). The molecule has 3 amide bonds. The predicted octanol–water partition coefficient (Wildman–Crippen LogP) is 2.11. The summed E-state index contributed by atoms with van der Waals surface area (Å²) >= 11 is 0. The fourth-order valence-electron chi connectivity index (χ4n) is 2.99. The molecule has 0 saturated carbocycles. The van der Waals surface area contributed by atoms with Gasteiger partial charge in [-0.15, -0.1) is 0 Å². The molecule has 1 saturated heterocycles. The maximum absolute atomic E-state index is 13.5. The van der Waals surface area contributed by atoms with Crippen molar-refractivity contribution in [1.82, 2.24) is 15.5 Å². The van der Waals surface area contributed by atoms with Gasteiger partial charge in [0.25, 0.3) is 0 Å². The second-order valence-corrected chi connectivity index (χ2v) is 6.48. The molecule has 0 aromatic heterocycles. The third-order valence-corrected chi connectivity index (χ3v) is 4.59. The Balaban J connectivity index is 1.39. The molecule has 2 aromatic carbocycles. The number of carbonyl (C=O) groups is 2. The van der Waals surface area contributed by atoms with Gasteiger partial charge < -0.3 is 20.4 Å². The fourth-order valence-corrected chi connectivity index (χ4v) is 2.99. The number of carbonyl (C=O) groups excluding carboxylic acids is 2. The average molecular weight is 388 g/mol. The summed E-state index contributed by atoms with van der Waals surface area (Å²) in [6, 6.07) is 12.1. The molecule has 0 aliphatic carbocycles. The van der Waals surface area contributed by atoms with Crippen LogP contribution in [0.1, 0.15) is 5.56 Å². The first-order valence-corrected chi connectivity index (χ1v) is 9.06. The van der Waals surface area contributed by atoms with E-state index in [2.05, 4.69) is 15.5 Å². The molecule has 0 atom stereocenters. The van der Waals surface area contributed by atoms with Crippen molar-refractivity contribution in [3.63, 3.8) is 0 Å². The summed E-state index contributed by atoms with van der Waals surface area (Å²) < 4.78 is 26.5. The highest BCUT2D eigenvalue weighted by molar-refractivity contribution is 5.84. The Bertz CT molecular complexity index is 821. The standard InChI is InChI=1S/C20H22F2N4O2/c21-16-5-7-17(8-6-16)25-9-11-26(12-10-25)20(28)24-14-19(27)23-13-15-3-1-2-4-18(15)22/h1-8H,9-14H2,(H,23,27)(H,24,28). The van der Waals surface area contributed by atoms with E-state index in [0.29, 0.717) is 31.7 Å². The van der Waals surface area contributed by atoms with Gasteiger partial charge in [-0.1, -0.05) is 18.2 Å². The molecule has 1 fully saturated rings. The summed E-state index contributed by atoms with van der Waals surface area (Å²) in [5.74, 6) is -1.05. The van der Waals surface area contributed by atoms with E-state index in [1.807, 2.05) is 0 Å². The smallest absolute Gasteiger partial charge is 0.317 e. The van der Waals surface area contributed by atoms with E-state index in [1.54, 1.807) is 35.2 Å². The molecule has 8 heteroatoms. The van der Waals surface area contributed by atoms with Gasteiger partial charge in [-0.05, 0) is 30.3 Å². The minimum atomic E-state index is -0.387. The quantitative estimate of drug-likeness (QED) is 0.825. The van der Waals surface area contributed by atoms with Crippen LogP contribution in [0, 0.1) is 11.6 Å². The SMILES string of the molecule is O=C(CNC(=O)N1CCN(c2ccc(F)cc2)CC1)NCc1ccccc1F. The molecule has 1 heterocycles. The van der Waals surface area contributed by atoms with Gasteiger partial charge in [0.05, 0.1) is 6.54 Å². The zero-order chi connectivity index (χ0) is 19.9. The van der Waals surface area contributed by atoms with Crippen molar-refractivity contribution in [2.45, 2.75) is 6.54 Å². The molecule has 148 valence electrons. The number of nitrogens with zero attached hydrogens (tertiary/aromatic N) is 2. The molecule has 0 bridgehead atoms. The predicted molar refractivity (Wildman–Crippen MR) is 102 cm³/mol. The Hall–Kier alpha value is -3.16. The van der Waals surface area contributed by atoms with Crippen LogP contribution in [-0.2, 0) is 11.3 Å². The molecule has 0 spiro atoms. The summed E-state index contributed by atoms with van der Waals surface area (Å²) in [5.41, 5.74) is 1.30. The van der Waals surface area contributed by atoms with Crippen molar-refractivity contribution in [2.24, 2.45) is 0 Å². The molecule has 28 heavy (non-hydrogen) atoms. The van der Waals surface area contributed by atoms with Gasteiger partial charge in [0.1, 0.15) is 11.6 Å². The van der Waals surface area contributed by atoms with Crippen LogP contribution in [0.15, 0.2) is 48.5 Å². The number of halogens is 2. The van der Waals surface area contributed by atoms with Gasteiger partial charge in [0.15, 0.2) is 0 Å². The minimum absolute atomic E-state index is 0.0672. The van der Waals surface area contributed by atoms with E-state index in [4.69, 9.17) is 0 Å². The van der Waals surface area contributed by atoms with Crippen LogP contribution >= 0.6 is 0 Å². The highest BCUT2D eigenvalue weighted by atomic mass is 19.1. The molecule has 2 aromatic rings. The van der Waals surface area contributed by atoms with Gasteiger partial charge >= 0.3 is 6.03 Å². The topological polar surface area (TPSA) is 64.7 Å². The molecule has 0 radical (unpaired) electrons. The van der Waals surface area contributed by atoms with E-state index in [1.165, 1.54) is 18.2 Å². The maximum atomic E-state index is 13.5. The number of amides is 3. The third kappa shape index (κ3) is 5.18. The highest BCUT2D eigenvalue weighted by Gasteiger charge is 2.21. The van der Waals surface area contributed by atoms with Gasteiger partial charge in [-0.25, -0.2) is 13.6 Å². The number of anilines is 1. The first-order chi connectivity index (χ1) is 13.5. The van der Waals surface area contributed by atoms with Crippen molar-refractivity contribution < 1.29 is 18.4 Å². The van der Waals surface area contributed by atoms with Gasteiger partial charge in [-0.2, -0.15) is 0 Å². The summed E-state index contributed by atoms with van der Waals surface area (Å²) in [7, 11) is 0. The molecule has 6 nitrogen and oxygen atoms in total. The number of benzene rings is 2. The largest absolute Gasteiger partial charge is 0.368 e. The Morgan fingerprint density at radius 3 is 2.25 bits per heavy atom. The number of rotatable bonds is 5. The lowest BCUT2D eigenvalue weighted by Gasteiger charge is -2.36. The van der Waals surface area contributed by atoms with E-state index in [-0.39, 0.29) is 36.7 Å². The number of urea groups is 1. The van der Waals surface area contributed by atoms with Crippen LogP contribution in [0.25, 0.3) is 0 Å². The maximum Gasteiger partial charge on any atom is 0.317 e. The minimum Gasteiger partial charge on any atom is -0.368 e. The van der Waals surface area contributed by atoms with Crippen LogP contribution in [0.5, 0.6) is 0 Å². The zero-order valence-corrected chi connectivity index (χ0v) is 15.3. The molecular formula is C20H22F2N4O2. The second kappa shape index (κ2) is 9.16. The number of hydrogen-bond donors (Lipinski definition) is 2. The summed E-state index contributed by atoms with van der Waals surface area (Å²) in [4.78, 5) is 27.8. The Kier molecular flexibility index (Phi) is 6.41. The van der Waals surface area contributed by atoms with Crippen LogP contribution in [0.3, 0.4) is 0 Å². The zero-order valence-electron chi connectivity index (χ0n) is 15.3. The van der Waals surface area contributed by atoms with Crippen molar-refractivity contribution in [2.75, 3.05) is 37.6 Å². The van der Waals surface area contributed by atoms with E-state index >= 15 is 0 Å². The van der Waals surface area contributed by atoms with Crippen LogP contribution in [0.4, 0.5) is 19.3 Å². The monoisotopic (exact) mass is 388 g/mol. The van der Waals surface area contributed by atoms with E-state index < -0.39 is 0 Å². The normalized spacial score (nSPS) is 13.9. The average Bonchev–Trinajstić information content (AvgIpc) is 2.72. The third-order valence-electron chi connectivity index (χ3n) is 4.59. The van der Waals surface area contributed by atoms with Crippen LogP contribution < -0.4 is 15.5 Å². The summed E-state index contributed by atoms with van der Waals surface area (Å²) in [6.07, 6.45) is 0.